The topological polar surface area (TPSA) is 52.6 Å². The van der Waals surface area contributed by atoms with Crippen LogP contribution in [0.5, 0.6) is 0 Å². The first-order valence-corrected chi connectivity index (χ1v) is 22.6. The number of ether oxygens (including phenoxy) is 2. The first-order valence-electron chi connectivity index (χ1n) is 22.6. The predicted octanol–water partition coefficient (Wildman–Crippen LogP) is 13.6. The van der Waals surface area contributed by atoms with E-state index in [1.165, 1.54) is 122 Å². The number of carbonyl (C=O) groups excluding carboxylic acids is 2. The van der Waals surface area contributed by atoms with Gasteiger partial charge in [0.25, 0.3) is 0 Å². The molecule has 0 spiro atoms. The Morgan fingerprint density at radius 1 is 0.692 bits per heavy atom. The third-order valence-corrected chi connectivity index (χ3v) is 17.6. The van der Waals surface area contributed by atoms with Crippen molar-refractivity contribution in [3.8, 4) is 0 Å². The summed E-state index contributed by atoms with van der Waals surface area (Å²) in [5.41, 5.74) is 2.81. The van der Waals surface area contributed by atoms with Crippen LogP contribution in [0.3, 0.4) is 0 Å². The standard InChI is InChI=1S/C48H82O4/c1-11-12-13-14-15-16-17-18-19-20-21-22-36(51-35(4)49)33-42(50)52-41-27-29-46(8)39(44(41,5)6)26-30-48(10)40(46)24-23-38-43-37(34(2)3)25-28-45(43,7)31-32-47(38,48)9/h36-41,43H,2,11-33H2,1,3-10H3/t36-,37+,38?,39?,40?,41+,43?,45-,46+,47-,48-/m1/s1. The van der Waals surface area contributed by atoms with Crippen LogP contribution in [0, 0.1) is 56.7 Å². The summed E-state index contributed by atoms with van der Waals surface area (Å²) < 4.78 is 12.1. The van der Waals surface area contributed by atoms with E-state index in [1.54, 1.807) is 0 Å². The van der Waals surface area contributed by atoms with Crippen molar-refractivity contribution in [1.82, 2.24) is 0 Å². The predicted molar refractivity (Wildman–Crippen MR) is 216 cm³/mol. The SMILES string of the molecule is C=C(C)[C@@H]1CC[C@]2(C)CC[C@]3(C)C(CCC4[C@@]5(C)CC[C@H](OC(=O)C[C@@H](CCCCCCCCCCCCC)OC(C)=O)C(C)(C)C5CC[C@]43C)C12. The molecule has 0 amide bonds. The molecule has 11 atom stereocenters. The van der Waals surface area contributed by atoms with E-state index in [0.29, 0.717) is 34.0 Å². The Balaban J connectivity index is 1.17. The van der Waals surface area contributed by atoms with Crippen LogP contribution in [0.25, 0.3) is 0 Å². The van der Waals surface area contributed by atoms with E-state index >= 15 is 0 Å². The van der Waals surface area contributed by atoms with E-state index in [2.05, 4.69) is 62.0 Å². The van der Waals surface area contributed by atoms with Crippen LogP contribution < -0.4 is 0 Å². The van der Waals surface area contributed by atoms with Crippen LogP contribution in [0.4, 0.5) is 0 Å². The zero-order chi connectivity index (χ0) is 38.0. The van der Waals surface area contributed by atoms with Crippen molar-refractivity contribution in [2.45, 2.75) is 222 Å². The highest BCUT2D eigenvalue weighted by Crippen LogP contribution is 2.77. The van der Waals surface area contributed by atoms with Crippen molar-refractivity contribution in [3.05, 3.63) is 12.2 Å². The maximum atomic E-state index is 13.6. The van der Waals surface area contributed by atoms with Crippen LogP contribution >= 0.6 is 0 Å². The Morgan fingerprint density at radius 2 is 1.33 bits per heavy atom. The number of hydrogen-bond donors (Lipinski definition) is 0. The molecule has 0 aromatic heterocycles. The Morgan fingerprint density at radius 3 is 1.94 bits per heavy atom. The number of esters is 2. The monoisotopic (exact) mass is 723 g/mol. The lowest BCUT2D eigenvalue weighted by Gasteiger charge is -2.73. The van der Waals surface area contributed by atoms with Gasteiger partial charge in [0.1, 0.15) is 12.2 Å². The van der Waals surface area contributed by atoms with Crippen LogP contribution in [0.15, 0.2) is 12.2 Å². The van der Waals surface area contributed by atoms with Crippen LogP contribution in [0.2, 0.25) is 0 Å². The summed E-state index contributed by atoms with van der Waals surface area (Å²) >= 11 is 0. The summed E-state index contributed by atoms with van der Waals surface area (Å²) in [6.45, 7) is 26.1. The molecule has 4 nitrogen and oxygen atoms in total. The smallest absolute Gasteiger partial charge is 0.309 e. The minimum absolute atomic E-state index is 0.0838. The maximum absolute atomic E-state index is 13.6. The van der Waals surface area contributed by atoms with Gasteiger partial charge in [-0.25, -0.2) is 0 Å². The van der Waals surface area contributed by atoms with Gasteiger partial charge < -0.3 is 9.47 Å². The zero-order valence-corrected chi connectivity index (χ0v) is 35.6. The molecule has 5 aliphatic rings. The fourth-order valence-electron chi connectivity index (χ4n) is 14.5. The van der Waals surface area contributed by atoms with Gasteiger partial charge >= 0.3 is 11.9 Å². The Hall–Kier alpha value is -1.32. The molecule has 4 unspecified atom stereocenters. The number of hydrogen-bond acceptors (Lipinski definition) is 4. The maximum Gasteiger partial charge on any atom is 0.309 e. The number of rotatable bonds is 17. The van der Waals surface area contributed by atoms with Crippen LogP contribution in [0.1, 0.15) is 210 Å². The molecular formula is C48H82O4. The number of fused-ring (bicyclic) bond motifs is 7. The second-order valence-corrected chi connectivity index (χ2v) is 20.9. The largest absolute Gasteiger partial charge is 0.462 e. The van der Waals surface area contributed by atoms with Gasteiger partial charge in [-0.1, -0.05) is 125 Å². The first-order chi connectivity index (χ1) is 24.5. The highest BCUT2D eigenvalue weighted by Gasteiger charge is 2.70. The van der Waals surface area contributed by atoms with Crippen molar-refractivity contribution in [2.24, 2.45) is 56.7 Å². The minimum atomic E-state index is -0.381. The van der Waals surface area contributed by atoms with Gasteiger partial charge in [-0.15, -0.1) is 0 Å². The van der Waals surface area contributed by atoms with Crippen molar-refractivity contribution in [2.75, 3.05) is 0 Å². The summed E-state index contributed by atoms with van der Waals surface area (Å²) in [6, 6.07) is 0. The molecule has 0 bridgehead atoms. The number of carbonyl (C=O) groups is 2. The molecule has 52 heavy (non-hydrogen) atoms. The van der Waals surface area contributed by atoms with Crippen LogP contribution in [-0.4, -0.2) is 24.1 Å². The lowest BCUT2D eigenvalue weighted by molar-refractivity contribution is -0.249. The van der Waals surface area contributed by atoms with Gasteiger partial charge in [0.15, 0.2) is 0 Å². The molecule has 4 heteroatoms. The van der Waals surface area contributed by atoms with E-state index in [0.717, 1.165) is 43.9 Å². The fraction of sp³-hybridized carbons (Fsp3) is 0.917. The second-order valence-electron chi connectivity index (χ2n) is 20.9. The van der Waals surface area contributed by atoms with Crippen LogP contribution in [-0.2, 0) is 19.1 Å². The average Bonchev–Trinajstić information content (AvgIpc) is 3.43. The molecule has 0 aliphatic heterocycles. The number of unbranched alkanes of at least 4 members (excludes halogenated alkanes) is 10. The molecule has 298 valence electrons. The molecule has 0 N–H and O–H groups in total. The molecule has 5 aliphatic carbocycles. The quantitative estimate of drug-likeness (QED) is 0.0852. The van der Waals surface area contributed by atoms with E-state index in [1.807, 2.05) is 0 Å². The van der Waals surface area contributed by atoms with Crippen molar-refractivity contribution in [3.63, 3.8) is 0 Å². The Labute approximate surface area is 321 Å². The zero-order valence-electron chi connectivity index (χ0n) is 35.6. The van der Waals surface area contributed by atoms with Gasteiger partial charge in [-0.05, 0) is 135 Å². The highest BCUT2D eigenvalue weighted by atomic mass is 16.6. The van der Waals surface area contributed by atoms with E-state index in [-0.39, 0.29) is 41.4 Å². The average molecular weight is 723 g/mol. The summed E-state index contributed by atoms with van der Waals surface area (Å²) in [5.74, 6) is 3.07. The number of allylic oxidation sites excluding steroid dienone is 1. The van der Waals surface area contributed by atoms with E-state index in [4.69, 9.17) is 9.47 Å². The summed E-state index contributed by atoms with van der Waals surface area (Å²) in [4.78, 5) is 25.6. The third kappa shape index (κ3) is 8.13. The van der Waals surface area contributed by atoms with Gasteiger partial charge in [0.05, 0.1) is 6.42 Å². The molecule has 0 saturated heterocycles. The molecule has 0 radical (unpaired) electrons. The normalized spacial score (nSPS) is 39.7. The lowest BCUT2D eigenvalue weighted by atomic mass is 9.32. The van der Waals surface area contributed by atoms with Crippen molar-refractivity contribution < 1.29 is 19.1 Å². The Kier molecular flexibility index (Phi) is 13.5. The first kappa shape index (κ1) is 41.8. The highest BCUT2D eigenvalue weighted by molar-refractivity contribution is 5.71. The van der Waals surface area contributed by atoms with Gasteiger partial charge in [0, 0.05) is 12.3 Å². The second kappa shape index (κ2) is 16.8. The summed E-state index contributed by atoms with van der Waals surface area (Å²) in [7, 11) is 0. The van der Waals surface area contributed by atoms with E-state index in [9.17, 15) is 9.59 Å². The molecular weight excluding hydrogens is 641 g/mol. The summed E-state index contributed by atoms with van der Waals surface area (Å²) in [5, 5.41) is 0. The van der Waals surface area contributed by atoms with Gasteiger partial charge in [-0.2, -0.15) is 0 Å². The minimum Gasteiger partial charge on any atom is -0.462 e. The lowest BCUT2D eigenvalue weighted by Crippen LogP contribution is -2.66. The fourth-order valence-corrected chi connectivity index (χ4v) is 14.5. The summed E-state index contributed by atoms with van der Waals surface area (Å²) in [6.07, 6.45) is 27.4. The van der Waals surface area contributed by atoms with Gasteiger partial charge in [-0.3, -0.25) is 9.59 Å². The molecule has 0 aromatic rings. The molecule has 5 saturated carbocycles. The van der Waals surface area contributed by atoms with Crippen molar-refractivity contribution in [1.29, 1.82) is 0 Å². The van der Waals surface area contributed by atoms with Gasteiger partial charge in [0.2, 0.25) is 0 Å². The third-order valence-electron chi connectivity index (χ3n) is 17.6. The molecule has 5 rings (SSSR count). The molecule has 5 fully saturated rings. The molecule has 0 aromatic carbocycles. The molecule has 0 heterocycles. The Bertz CT molecular complexity index is 1240. The van der Waals surface area contributed by atoms with Crippen molar-refractivity contribution >= 4 is 11.9 Å². The van der Waals surface area contributed by atoms with E-state index < -0.39 is 0 Å².